The average Bonchev–Trinajstić information content (AvgIpc) is 2.29. The monoisotopic (exact) mass is 164 g/mol. The fraction of sp³-hybridized carbons (Fsp3) is 0.200. The lowest BCUT2D eigenvalue weighted by Crippen LogP contribution is -2.11. The Morgan fingerprint density at radius 3 is 0.583 bits per heavy atom. The van der Waals surface area contributed by atoms with Gasteiger partial charge in [-0.1, -0.05) is 0 Å². The van der Waals surface area contributed by atoms with Crippen LogP contribution in [0.1, 0.15) is 0 Å². The molecule has 0 radical (unpaired) electrons. The first-order valence-corrected chi connectivity index (χ1v) is 2.65. The normalized spacial score (nSPS) is 3.17. The van der Waals surface area contributed by atoms with Crippen molar-refractivity contribution >= 4 is 0 Å². The molecule has 2 nitrogen and oxygen atoms in total. The average molecular weight is 164 g/mol. The predicted octanol–water partition coefficient (Wildman–Crippen LogP) is -0.0986. The lowest BCUT2D eigenvalue weighted by molar-refractivity contribution is 0.976. The van der Waals surface area contributed by atoms with Gasteiger partial charge in [-0.25, -0.2) is 0 Å². The summed E-state index contributed by atoms with van der Waals surface area (Å²) in [7, 11) is 0. The Bertz CT molecular complexity index is 69.4. The van der Waals surface area contributed by atoms with Crippen LogP contribution in [0.2, 0.25) is 0 Å². The van der Waals surface area contributed by atoms with Gasteiger partial charge in [-0.3, -0.25) is 0 Å². The Morgan fingerprint density at radius 2 is 0.583 bits per heavy atom. The number of nitrogens with two attached hydrogens (primary N) is 2. The van der Waals surface area contributed by atoms with Crippen LogP contribution in [0.15, 0.2) is 0 Å². The van der Waals surface area contributed by atoms with Crippen molar-refractivity contribution in [1.82, 2.24) is 0 Å². The number of terminal acetylenes is 4. The van der Waals surface area contributed by atoms with E-state index in [0.717, 1.165) is 0 Å². The molecule has 0 fully saturated rings. The van der Waals surface area contributed by atoms with Crippen LogP contribution in [-0.4, -0.2) is 13.1 Å². The number of hydrogen-bond acceptors (Lipinski definition) is 2. The summed E-state index contributed by atoms with van der Waals surface area (Å²) in [4.78, 5) is 0. The first kappa shape index (κ1) is 32.0. The van der Waals surface area contributed by atoms with Gasteiger partial charge in [0, 0.05) is 13.1 Å². The maximum atomic E-state index is 4.90. The molecule has 0 atom stereocenters. The minimum absolute atomic E-state index is 0.597. The fourth-order valence-electron chi connectivity index (χ4n) is 0. The van der Waals surface area contributed by atoms with Gasteiger partial charge >= 0.3 is 0 Å². The smallest absolute Gasteiger partial charge is 0.00461 e. The van der Waals surface area contributed by atoms with Crippen LogP contribution in [0.4, 0.5) is 0 Å². The van der Waals surface area contributed by atoms with Gasteiger partial charge in [-0.2, -0.15) is 0 Å². The van der Waals surface area contributed by atoms with E-state index in [9.17, 15) is 0 Å². The van der Waals surface area contributed by atoms with Crippen LogP contribution in [0, 0.1) is 51.4 Å². The highest BCUT2D eigenvalue weighted by Crippen LogP contribution is 1.24. The Morgan fingerprint density at radius 1 is 0.500 bits per heavy atom. The van der Waals surface area contributed by atoms with Gasteiger partial charge in [0.1, 0.15) is 0 Å². The zero-order valence-electron chi connectivity index (χ0n) is 7.19. The van der Waals surface area contributed by atoms with Gasteiger partial charge in [0.2, 0.25) is 0 Å². The lowest BCUT2D eigenvalue weighted by Gasteiger charge is -1.72. The van der Waals surface area contributed by atoms with E-state index in [-0.39, 0.29) is 0 Å². The van der Waals surface area contributed by atoms with Crippen molar-refractivity contribution in [1.29, 1.82) is 0 Å². The molecule has 0 aromatic rings. The molecule has 66 valence electrons. The van der Waals surface area contributed by atoms with Crippen molar-refractivity contribution in [3.8, 4) is 51.4 Å². The fourth-order valence-corrected chi connectivity index (χ4v) is 0. The molecule has 0 unspecified atom stereocenters. The summed E-state index contributed by atoms with van der Waals surface area (Å²) in [5.74, 6) is 0. The Kier molecular flexibility index (Phi) is 63600. The van der Waals surface area contributed by atoms with Gasteiger partial charge in [0.25, 0.3) is 0 Å². The summed E-state index contributed by atoms with van der Waals surface area (Å²) < 4.78 is 0. The first-order valence-electron chi connectivity index (χ1n) is 2.65. The quantitative estimate of drug-likeness (QED) is 0.532. The van der Waals surface area contributed by atoms with E-state index in [4.69, 9.17) is 11.5 Å². The number of hydrogen-bond donors (Lipinski definition) is 2. The molecule has 0 aliphatic rings. The molecular weight excluding hydrogens is 148 g/mol. The largest absolute Gasteiger partial charge is 0.329 e. The van der Waals surface area contributed by atoms with Gasteiger partial charge in [-0.15, -0.1) is 51.4 Å². The first-order chi connectivity index (χ1) is 5.91. The van der Waals surface area contributed by atoms with E-state index in [1.54, 1.807) is 0 Å². The molecule has 0 saturated carbocycles. The minimum atomic E-state index is 0.597. The third-order valence-electron chi connectivity index (χ3n) is 0.167. The maximum absolute atomic E-state index is 4.90. The zero-order valence-corrected chi connectivity index (χ0v) is 7.19. The summed E-state index contributed by atoms with van der Waals surface area (Å²) in [6.45, 7) is 1.19. The molecule has 0 aliphatic heterocycles. The Balaban J connectivity index is -0.0000000181. The van der Waals surface area contributed by atoms with Crippen molar-refractivity contribution in [3.63, 3.8) is 0 Å². The van der Waals surface area contributed by atoms with E-state index in [1.807, 2.05) is 0 Å². The van der Waals surface area contributed by atoms with Gasteiger partial charge in [0.15, 0.2) is 0 Å². The molecule has 0 amide bonds. The predicted molar refractivity (Wildman–Crippen MR) is 57.7 cm³/mol. The van der Waals surface area contributed by atoms with Crippen molar-refractivity contribution < 1.29 is 0 Å². The lowest BCUT2D eigenvalue weighted by atomic mass is 10.7. The summed E-state index contributed by atoms with van der Waals surface area (Å²) in [6.07, 6.45) is 32.0. The zero-order chi connectivity index (χ0) is 11.4. The molecule has 0 saturated heterocycles. The second kappa shape index (κ2) is 23800. The second-order valence-corrected chi connectivity index (χ2v) is 0.577. The molecular formula is C10H16N2. The summed E-state index contributed by atoms with van der Waals surface area (Å²) in [6, 6.07) is 0. The molecule has 2 heteroatoms. The van der Waals surface area contributed by atoms with Gasteiger partial charge in [-0.05, 0) is 0 Å². The Labute approximate surface area is 76.7 Å². The van der Waals surface area contributed by atoms with E-state index in [0.29, 0.717) is 13.1 Å². The van der Waals surface area contributed by atoms with Crippen LogP contribution in [0.25, 0.3) is 0 Å². The molecule has 0 bridgehead atoms. The highest BCUT2D eigenvalue weighted by molar-refractivity contribution is 4.47. The molecule has 0 aromatic carbocycles. The molecule has 4 N–H and O–H groups in total. The minimum Gasteiger partial charge on any atom is -0.329 e. The van der Waals surface area contributed by atoms with E-state index in [1.165, 1.54) is 0 Å². The second-order valence-electron chi connectivity index (χ2n) is 0.577. The van der Waals surface area contributed by atoms with Crippen molar-refractivity contribution in [3.05, 3.63) is 0 Å². The van der Waals surface area contributed by atoms with Crippen molar-refractivity contribution in [2.24, 2.45) is 11.5 Å². The third kappa shape index (κ3) is 593. The van der Waals surface area contributed by atoms with E-state index < -0.39 is 0 Å². The van der Waals surface area contributed by atoms with Crippen molar-refractivity contribution in [2.75, 3.05) is 13.1 Å². The molecule has 0 heterocycles. The maximum Gasteiger partial charge on any atom is 0.00461 e. The van der Waals surface area contributed by atoms with Gasteiger partial charge < -0.3 is 11.5 Å². The number of rotatable bonds is 1. The van der Waals surface area contributed by atoms with Crippen LogP contribution in [-0.2, 0) is 0 Å². The highest BCUT2D eigenvalue weighted by Gasteiger charge is 1.54. The van der Waals surface area contributed by atoms with Crippen LogP contribution in [0.3, 0.4) is 0 Å². The molecule has 0 spiro atoms. The molecule has 12 heavy (non-hydrogen) atoms. The van der Waals surface area contributed by atoms with E-state index >= 15 is 0 Å². The van der Waals surface area contributed by atoms with Gasteiger partial charge in [0.05, 0.1) is 0 Å². The molecule has 0 rings (SSSR count). The third-order valence-corrected chi connectivity index (χ3v) is 0.167. The molecule has 0 aliphatic carbocycles. The van der Waals surface area contributed by atoms with Crippen LogP contribution < -0.4 is 11.5 Å². The summed E-state index contributed by atoms with van der Waals surface area (Å²) in [5, 5.41) is 0. The van der Waals surface area contributed by atoms with Crippen LogP contribution >= 0.6 is 0 Å². The SMILES string of the molecule is C#C.C#C.C#C.C#C.NCCN. The van der Waals surface area contributed by atoms with E-state index in [2.05, 4.69) is 51.4 Å². The molecule has 0 aromatic heterocycles. The Hall–Kier alpha value is -1.84. The summed E-state index contributed by atoms with van der Waals surface area (Å²) in [5.41, 5.74) is 9.81. The standard InChI is InChI=1S/C2H8N2.4C2H2/c3-1-2-4;4*1-2/h1-4H2;4*1-2H. The van der Waals surface area contributed by atoms with Crippen LogP contribution in [0.5, 0.6) is 0 Å². The topological polar surface area (TPSA) is 52.0 Å². The highest BCUT2D eigenvalue weighted by atomic mass is 14.6. The summed E-state index contributed by atoms with van der Waals surface area (Å²) >= 11 is 0. The van der Waals surface area contributed by atoms with Crippen molar-refractivity contribution in [2.45, 2.75) is 0 Å².